The van der Waals surface area contributed by atoms with E-state index in [1.54, 1.807) is 7.11 Å². The molecule has 19 heavy (non-hydrogen) atoms. The van der Waals surface area contributed by atoms with Crippen LogP contribution >= 0.6 is 0 Å². The molecule has 0 aliphatic rings. The van der Waals surface area contributed by atoms with E-state index in [-0.39, 0.29) is 0 Å². The van der Waals surface area contributed by atoms with Gasteiger partial charge in [0.05, 0.1) is 13.7 Å². The Bertz CT molecular complexity index is 533. The van der Waals surface area contributed by atoms with E-state index < -0.39 is 0 Å². The number of methoxy groups -OCH3 is 1. The molecule has 0 saturated heterocycles. The fourth-order valence-corrected chi connectivity index (χ4v) is 1.93. The molecule has 5 heteroatoms. The topological polar surface area (TPSA) is 43.2 Å². The van der Waals surface area contributed by atoms with Gasteiger partial charge in [-0.25, -0.2) is 0 Å². The van der Waals surface area contributed by atoms with E-state index >= 15 is 0 Å². The predicted octanol–water partition coefficient (Wildman–Crippen LogP) is 1.76. The summed E-state index contributed by atoms with van der Waals surface area (Å²) in [5.41, 5.74) is 1.25. The number of hydrogen-bond donors (Lipinski definition) is 0. The van der Waals surface area contributed by atoms with Crippen molar-refractivity contribution in [1.29, 1.82) is 0 Å². The third kappa shape index (κ3) is 3.32. The first-order valence-corrected chi connectivity index (χ1v) is 6.26. The summed E-state index contributed by atoms with van der Waals surface area (Å²) < 4.78 is 7.17. The zero-order chi connectivity index (χ0) is 13.8. The number of benzene rings is 1. The van der Waals surface area contributed by atoms with E-state index in [4.69, 9.17) is 4.74 Å². The Morgan fingerprint density at radius 1 is 1.16 bits per heavy atom. The molecule has 0 unspecified atom stereocenters. The largest absolute Gasteiger partial charge is 0.497 e. The van der Waals surface area contributed by atoms with E-state index in [1.807, 2.05) is 30.7 Å². The second kappa shape index (κ2) is 5.84. The van der Waals surface area contributed by atoms with Crippen molar-refractivity contribution in [3.63, 3.8) is 0 Å². The SMILES string of the molecule is COc1ccc(CN(C)Cc2nnc(C)n2C)cc1. The van der Waals surface area contributed by atoms with E-state index in [0.29, 0.717) is 0 Å². The number of nitrogens with zero attached hydrogens (tertiary/aromatic N) is 4. The number of rotatable bonds is 5. The highest BCUT2D eigenvalue weighted by Gasteiger charge is 2.08. The molecule has 2 rings (SSSR count). The number of aryl methyl sites for hydroxylation is 1. The van der Waals surface area contributed by atoms with E-state index in [2.05, 4.69) is 34.3 Å². The van der Waals surface area contributed by atoms with Gasteiger partial charge in [0, 0.05) is 13.6 Å². The molecule has 0 atom stereocenters. The standard InChI is InChI=1S/C14H20N4O/c1-11-15-16-14(18(11)3)10-17(2)9-12-5-7-13(19-4)8-6-12/h5-8H,9-10H2,1-4H3. The van der Waals surface area contributed by atoms with Crippen molar-refractivity contribution in [2.45, 2.75) is 20.0 Å². The van der Waals surface area contributed by atoms with Gasteiger partial charge in [0.2, 0.25) is 0 Å². The molecular formula is C14H20N4O. The Morgan fingerprint density at radius 2 is 1.84 bits per heavy atom. The van der Waals surface area contributed by atoms with E-state index in [0.717, 1.165) is 30.5 Å². The highest BCUT2D eigenvalue weighted by atomic mass is 16.5. The fourth-order valence-electron chi connectivity index (χ4n) is 1.93. The molecule has 5 nitrogen and oxygen atoms in total. The van der Waals surface area contributed by atoms with Crippen LogP contribution in [0.25, 0.3) is 0 Å². The van der Waals surface area contributed by atoms with Gasteiger partial charge in [-0.2, -0.15) is 0 Å². The molecule has 0 fully saturated rings. The van der Waals surface area contributed by atoms with Crippen LogP contribution < -0.4 is 4.74 Å². The van der Waals surface area contributed by atoms with Crippen LogP contribution in [0.15, 0.2) is 24.3 Å². The zero-order valence-electron chi connectivity index (χ0n) is 11.9. The Hall–Kier alpha value is -1.88. The maximum atomic E-state index is 5.15. The summed E-state index contributed by atoms with van der Waals surface area (Å²) in [6.07, 6.45) is 0. The fraction of sp³-hybridized carbons (Fsp3) is 0.429. The molecule has 0 N–H and O–H groups in total. The molecule has 0 aliphatic carbocycles. The van der Waals surface area contributed by atoms with Crippen LogP contribution in [0.5, 0.6) is 5.75 Å². The lowest BCUT2D eigenvalue weighted by Gasteiger charge is -2.16. The molecule has 0 radical (unpaired) electrons. The average Bonchev–Trinajstić information content (AvgIpc) is 2.71. The van der Waals surface area contributed by atoms with Gasteiger partial charge in [0.1, 0.15) is 17.4 Å². The maximum Gasteiger partial charge on any atom is 0.146 e. The summed E-state index contributed by atoms with van der Waals surface area (Å²) >= 11 is 0. The molecule has 2 aromatic rings. The van der Waals surface area contributed by atoms with E-state index in [9.17, 15) is 0 Å². The van der Waals surface area contributed by atoms with Gasteiger partial charge in [-0.15, -0.1) is 10.2 Å². The van der Waals surface area contributed by atoms with Crippen molar-refractivity contribution in [2.75, 3.05) is 14.2 Å². The van der Waals surface area contributed by atoms with Crippen LogP contribution in [0.3, 0.4) is 0 Å². The lowest BCUT2D eigenvalue weighted by Crippen LogP contribution is -2.19. The number of ether oxygens (including phenoxy) is 1. The highest BCUT2D eigenvalue weighted by Crippen LogP contribution is 2.13. The summed E-state index contributed by atoms with van der Waals surface area (Å²) in [6, 6.07) is 8.12. The molecule has 0 saturated carbocycles. The predicted molar refractivity (Wildman–Crippen MR) is 73.9 cm³/mol. The molecule has 0 bridgehead atoms. The first-order chi connectivity index (χ1) is 9.10. The Balaban J connectivity index is 1.96. The van der Waals surface area contributed by atoms with Gasteiger partial charge in [-0.05, 0) is 31.7 Å². The van der Waals surface area contributed by atoms with E-state index in [1.165, 1.54) is 5.56 Å². The van der Waals surface area contributed by atoms with Crippen LogP contribution in [0.1, 0.15) is 17.2 Å². The van der Waals surface area contributed by atoms with Crippen LogP contribution in [-0.4, -0.2) is 33.8 Å². The van der Waals surface area contributed by atoms with Gasteiger partial charge in [-0.1, -0.05) is 12.1 Å². The Kier molecular flexibility index (Phi) is 4.16. The molecule has 0 aliphatic heterocycles. The minimum atomic E-state index is 0.781. The van der Waals surface area contributed by atoms with Crippen LogP contribution in [-0.2, 0) is 20.1 Å². The number of aromatic nitrogens is 3. The van der Waals surface area contributed by atoms with Crippen molar-refractivity contribution < 1.29 is 4.74 Å². The van der Waals surface area contributed by atoms with Crippen LogP contribution in [0, 0.1) is 6.92 Å². The highest BCUT2D eigenvalue weighted by molar-refractivity contribution is 5.27. The first kappa shape index (κ1) is 13.5. The molecule has 1 heterocycles. The van der Waals surface area contributed by atoms with Gasteiger partial charge in [-0.3, -0.25) is 4.90 Å². The third-order valence-corrected chi connectivity index (χ3v) is 3.21. The van der Waals surface area contributed by atoms with Gasteiger partial charge in [0.25, 0.3) is 0 Å². The summed E-state index contributed by atoms with van der Waals surface area (Å²) in [6.45, 7) is 3.61. The van der Waals surface area contributed by atoms with Gasteiger partial charge >= 0.3 is 0 Å². The van der Waals surface area contributed by atoms with Crippen LogP contribution in [0.2, 0.25) is 0 Å². The first-order valence-electron chi connectivity index (χ1n) is 6.26. The zero-order valence-corrected chi connectivity index (χ0v) is 11.9. The minimum Gasteiger partial charge on any atom is -0.497 e. The van der Waals surface area contributed by atoms with Crippen molar-refractivity contribution in [2.24, 2.45) is 7.05 Å². The van der Waals surface area contributed by atoms with Crippen molar-refractivity contribution >= 4 is 0 Å². The maximum absolute atomic E-state index is 5.15. The Labute approximate surface area is 113 Å². The normalized spacial score (nSPS) is 11.0. The molecule has 1 aromatic carbocycles. The molecular weight excluding hydrogens is 240 g/mol. The van der Waals surface area contributed by atoms with Crippen molar-refractivity contribution in [1.82, 2.24) is 19.7 Å². The Morgan fingerprint density at radius 3 is 2.37 bits per heavy atom. The average molecular weight is 260 g/mol. The monoisotopic (exact) mass is 260 g/mol. The molecule has 0 amide bonds. The molecule has 1 aromatic heterocycles. The van der Waals surface area contributed by atoms with Gasteiger partial charge in [0.15, 0.2) is 0 Å². The van der Waals surface area contributed by atoms with Crippen molar-refractivity contribution in [3.8, 4) is 5.75 Å². The van der Waals surface area contributed by atoms with Gasteiger partial charge < -0.3 is 9.30 Å². The summed E-state index contributed by atoms with van der Waals surface area (Å²) in [5, 5.41) is 8.24. The van der Waals surface area contributed by atoms with Crippen LogP contribution in [0.4, 0.5) is 0 Å². The second-order valence-electron chi connectivity index (χ2n) is 4.74. The quantitative estimate of drug-likeness (QED) is 0.821. The number of hydrogen-bond acceptors (Lipinski definition) is 4. The second-order valence-corrected chi connectivity index (χ2v) is 4.74. The smallest absolute Gasteiger partial charge is 0.146 e. The minimum absolute atomic E-state index is 0.781. The summed E-state index contributed by atoms with van der Waals surface area (Å²) in [5.74, 6) is 2.80. The lowest BCUT2D eigenvalue weighted by atomic mass is 10.2. The summed E-state index contributed by atoms with van der Waals surface area (Å²) in [4.78, 5) is 2.21. The summed E-state index contributed by atoms with van der Waals surface area (Å²) in [7, 11) is 5.75. The lowest BCUT2D eigenvalue weighted by molar-refractivity contribution is 0.306. The van der Waals surface area contributed by atoms with Crippen molar-refractivity contribution in [3.05, 3.63) is 41.5 Å². The third-order valence-electron chi connectivity index (χ3n) is 3.21. The molecule has 102 valence electrons. The molecule has 0 spiro atoms.